The molecule has 1 fully saturated rings. The lowest BCUT2D eigenvalue weighted by Crippen LogP contribution is -2.50. The van der Waals surface area contributed by atoms with Crippen LogP contribution in [-0.4, -0.2) is 62.3 Å². The van der Waals surface area contributed by atoms with Crippen molar-refractivity contribution < 1.29 is 4.79 Å². The molecule has 140 valence electrons. The standard InChI is InChI=1S/C18H25N5OS2/c1-3-22(11-15-6-8-19-9-7-15)16-5-4-10-23(12-16)17(24)13-25-18-21-20-14(2)26-18/h6-9,16H,3-5,10-13H2,1-2H3. The van der Waals surface area contributed by atoms with Crippen molar-refractivity contribution in [1.29, 1.82) is 0 Å². The minimum Gasteiger partial charge on any atom is -0.340 e. The molecule has 3 heterocycles. The molecule has 0 aliphatic carbocycles. The van der Waals surface area contributed by atoms with Gasteiger partial charge < -0.3 is 4.90 Å². The lowest BCUT2D eigenvalue weighted by molar-refractivity contribution is -0.130. The molecule has 1 saturated heterocycles. The third-order valence-electron chi connectivity index (χ3n) is 4.63. The zero-order valence-corrected chi connectivity index (χ0v) is 16.9. The van der Waals surface area contributed by atoms with E-state index in [0.29, 0.717) is 11.8 Å². The molecule has 1 unspecified atom stereocenters. The number of hydrogen-bond acceptors (Lipinski definition) is 7. The third-order valence-corrected chi connectivity index (χ3v) is 6.59. The molecule has 1 aliphatic rings. The summed E-state index contributed by atoms with van der Waals surface area (Å²) in [5.74, 6) is 0.644. The summed E-state index contributed by atoms with van der Waals surface area (Å²) in [4.78, 5) is 21.2. The summed E-state index contributed by atoms with van der Waals surface area (Å²) in [7, 11) is 0. The maximum absolute atomic E-state index is 12.6. The van der Waals surface area contributed by atoms with E-state index in [9.17, 15) is 4.79 Å². The second-order valence-electron chi connectivity index (χ2n) is 6.43. The Balaban J connectivity index is 1.54. The number of amides is 1. The van der Waals surface area contributed by atoms with Crippen molar-refractivity contribution in [1.82, 2.24) is 25.0 Å². The van der Waals surface area contributed by atoms with Gasteiger partial charge in [0.25, 0.3) is 0 Å². The second-order valence-corrected chi connectivity index (χ2v) is 8.83. The Labute approximate surface area is 163 Å². The smallest absolute Gasteiger partial charge is 0.233 e. The number of carbonyl (C=O) groups is 1. The predicted octanol–water partition coefficient (Wildman–Crippen LogP) is 2.85. The van der Waals surface area contributed by atoms with E-state index < -0.39 is 0 Å². The zero-order chi connectivity index (χ0) is 18.4. The molecule has 8 heteroatoms. The van der Waals surface area contributed by atoms with Crippen LogP contribution in [0.25, 0.3) is 0 Å². The number of thioether (sulfide) groups is 1. The summed E-state index contributed by atoms with van der Waals surface area (Å²) in [6.07, 6.45) is 5.88. The van der Waals surface area contributed by atoms with Gasteiger partial charge in [-0.05, 0) is 44.0 Å². The average Bonchev–Trinajstić information content (AvgIpc) is 3.10. The normalized spacial score (nSPS) is 17.7. The fourth-order valence-corrected chi connectivity index (χ4v) is 4.97. The molecule has 0 N–H and O–H groups in total. The van der Waals surface area contributed by atoms with E-state index in [4.69, 9.17) is 0 Å². The van der Waals surface area contributed by atoms with Crippen molar-refractivity contribution in [2.24, 2.45) is 0 Å². The average molecular weight is 392 g/mol. The molecule has 0 spiro atoms. The van der Waals surface area contributed by atoms with Gasteiger partial charge in [0, 0.05) is 38.1 Å². The molecule has 3 rings (SSSR count). The number of rotatable bonds is 7. The first-order valence-electron chi connectivity index (χ1n) is 8.99. The molecule has 2 aromatic rings. The fraction of sp³-hybridized carbons (Fsp3) is 0.556. The number of hydrogen-bond donors (Lipinski definition) is 0. The molecular weight excluding hydrogens is 366 g/mol. The maximum atomic E-state index is 12.6. The first kappa shape index (κ1) is 19.3. The predicted molar refractivity (Wildman–Crippen MR) is 105 cm³/mol. The highest BCUT2D eigenvalue weighted by Gasteiger charge is 2.27. The SMILES string of the molecule is CCN(Cc1ccncc1)C1CCCN(C(=O)CSc2nnc(C)s2)C1. The van der Waals surface area contributed by atoms with E-state index in [1.807, 2.05) is 24.2 Å². The van der Waals surface area contributed by atoms with E-state index in [1.165, 1.54) is 17.3 Å². The molecule has 0 radical (unpaired) electrons. The van der Waals surface area contributed by atoms with Gasteiger partial charge in [-0.3, -0.25) is 14.7 Å². The van der Waals surface area contributed by atoms with Crippen molar-refractivity contribution in [3.8, 4) is 0 Å². The van der Waals surface area contributed by atoms with Crippen molar-refractivity contribution in [3.05, 3.63) is 35.1 Å². The van der Waals surface area contributed by atoms with Gasteiger partial charge in [-0.2, -0.15) is 0 Å². The fourth-order valence-electron chi connectivity index (χ4n) is 3.25. The number of nitrogens with zero attached hydrogens (tertiary/aromatic N) is 5. The topological polar surface area (TPSA) is 62.2 Å². The quantitative estimate of drug-likeness (QED) is 0.677. The number of aromatic nitrogens is 3. The van der Waals surface area contributed by atoms with Crippen LogP contribution < -0.4 is 0 Å². The Hall–Kier alpha value is -1.51. The molecule has 0 aromatic carbocycles. The summed E-state index contributed by atoms with van der Waals surface area (Å²) in [6.45, 7) is 7.68. The van der Waals surface area contributed by atoms with Crippen LogP contribution in [0.2, 0.25) is 0 Å². The van der Waals surface area contributed by atoms with Crippen LogP contribution in [0.5, 0.6) is 0 Å². The van der Waals surface area contributed by atoms with Gasteiger partial charge in [0.15, 0.2) is 4.34 Å². The third kappa shape index (κ3) is 5.25. The minimum absolute atomic E-state index is 0.201. The molecule has 1 atom stereocenters. The van der Waals surface area contributed by atoms with E-state index in [1.54, 1.807) is 11.3 Å². The summed E-state index contributed by atoms with van der Waals surface area (Å²) in [6, 6.07) is 4.55. The first-order chi connectivity index (χ1) is 12.7. The first-order valence-corrected chi connectivity index (χ1v) is 10.8. The van der Waals surface area contributed by atoms with E-state index in [2.05, 4.69) is 39.1 Å². The lowest BCUT2D eigenvalue weighted by Gasteiger charge is -2.39. The Bertz CT molecular complexity index is 709. The van der Waals surface area contributed by atoms with Gasteiger partial charge in [-0.15, -0.1) is 10.2 Å². The summed E-state index contributed by atoms with van der Waals surface area (Å²) in [5.41, 5.74) is 1.27. The van der Waals surface area contributed by atoms with Crippen LogP contribution in [0.15, 0.2) is 28.9 Å². The Morgan fingerprint density at radius 1 is 1.38 bits per heavy atom. The highest BCUT2D eigenvalue weighted by Crippen LogP contribution is 2.24. The van der Waals surface area contributed by atoms with Gasteiger partial charge >= 0.3 is 0 Å². The second kappa shape index (κ2) is 9.43. The molecule has 6 nitrogen and oxygen atoms in total. The van der Waals surface area contributed by atoms with Crippen molar-refractivity contribution in [3.63, 3.8) is 0 Å². The van der Waals surface area contributed by atoms with E-state index in [0.717, 1.165) is 48.4 Å². The number of aryl methyl sites for hydroxylation is 1. The number of likely N-dealkylation sites (N-methyl/N-ethyl adjacent to an activating group) is 1. The molecule has 1 aliphatic heterocycles. The van der Waals surface area contributed by atoms with Gasteiger partial charge in [0.05, 0.1) is 5.75 Å². The van der Waals surface area contributed by atoms with Crippen LogP contribution in [0.1, 0.15) is 30.3 Å². The number of piperidine rings is 1. The highest BCUT2D eigenvalue weighted by molar-refractivity contribution is 8.01. The number of pyridine rings is 1. The van der Waals surface area contributed by atoms with Crippen LogP contribution in [-0.2, 0) is 11.3 Å². The lowest BCUT2D eigenvalue weighted by atomic mass is 10.0. The molecule has 0 bridgehead atoms. The van der Waals surface area contributed by atoms with Crippen LogP contribution >= 0.6 is 23.1 Å². The number of likely N-dealkylation sites (tertiary alicyclic amines) is 1. The monoisotopic (exact) mass is 391 g/mol. The van der Waals surface area contributed by atoms with Crippen molar-refractivity contribution >= 4 is 29.0 Å². The zero-order valence-electron chi connectivity index (χ0n) is 15.3. The largest absolute Gasteiger partial charge is 0.340 e. The number of carbonyl (C=O) groups excluding carboxylic acids is 1. The van der Waals surface area contributed by atoms with Crippen LogP contribution in [0.3, 0.4) is 0 Å². The van der Waals surface area contributed by atoms with Crippen LogP contribution in [0, 0.1) is 6.92 Å². The van der Waals surface area contributed by atoms with Gasteiger partial charge in [0.1, 0.15) is 5.01 Å². The minimum atomic E-state index is 0.201. The van der Waals surface area contributed by atoms with Gasteiger partial charge in [0.2, 0.25) is 5.91 Å². The Morgan fingerprint density at radius 2 is 2.19 bits per heavy atom. The van der Waals surface area contributed by atoms with Crippen LogP contribution in [0.4, 0.5) is 0 Å². The molecular formula is C18H25N5OS2. The van der Waals surface area contributed by atoms with E-state index >= 15 is 0 Å². The van der Waals surface area contributed by atoms with E-state index in [-0.39, 0.29) is 5.91 Å². The molecule has 0 saturated carbocycles. The Morgan fingerprint density at radius 3 is 2.88 bits per heavy atom. The van der Waals surface area contributed by atoms with Crippen molar-refractivity contribution in [2.45, 2.75) is 43.6 Å². The molecule has 2 aromatic heterocycles. The summed E-state index contributed by atoms with van der Waals surface area (Å²) in [5, 5.41) is 9.03. The maximum Gasteiger partial charge on any atom is 0.233 e. The molecule has 1 amide bonds. The Kier molecular flexibility index (Phi) is 6.99. The van der Waals surface area contributed by atoms with Gasteiger partial charge in [-0.25, -0.2) is 0 Å². The van der Waals surface area contributed by atoms with Crippen molar-refractivity contribution in [2.75, 3.05) is 25.4 Å². The summed E-state index contributed by atoms with van der Waals surface area (Å²) >= 11 is 3.04. The van der Waals surface area contributed by atoms with Gasteiger partial charge in [-0.1, -0.05) is 30.0 Å². The highest BCUT2D eigenvalue weighted by atomic mass is 32.2. The molecule has 26 heavy (non-hydrogen) atoms. The summed E-state index contributed by atoms with van der Waals surface area (Å²) < 4.78 is 0.872.